The highest BCUT2D eigenvalue weighted by Crippen LogP contribution is 2.14. The normalized spacial score (nSPS) is 15.1. The van der Waals surface area contributed by atoms with E-state index in [1.807, 2.05) is 26.8 Å². The van der Waals surface area contributed by atoms with Crippen LogP contribution in [0.25, 0.3) is 0 Å². The summed E-state index contributed by atoms with van der Waals surface area (Å²) in [6.07, 6.45) is 2.76. The molecule has 0 atom stereocenters. The molecule has 0 spiro atoms. The molecule has 0 aromatic carbocycles. The summed E-state index contributed by atoms with van der Waals surface area (Å²) in [5.41, 5.74) is 1.04. The molecule has 0 saturated heterocycles. The smallest absolute Gasteiger partial charge is 0.0181 e. The minimum atomic E-state index is 0.798. The first-order valence-electron chi connectivity index (χ1n) is 3.27. The van der Waals surface area contributed by atoms with Crippen LogP contribution in [0.4, 0.5) is 0 Å². The molecule has 0 unspecified atom stereocenters. The Morgan fingerprint density at radius 3 is 2.10 bits per heavy atom. The molecular weight excluding hydrogens is 167 g/mol. The highest BCUT2D eigenvalue weighted by molar-refractivity contribution is 6.31. The van der Waals surface area contributed by atoms with Gasteiger partial charge in [-0.25, -0.2) is 0 Å². The summed E-state index contributed by atoms with van der Waals surface area (Å²) >= 11 is 11.5. The van der Waals surface area contributed by atoms with E-state index in [0.717, 1.165) is 22.1 Å². The monoisotopic (exact) mass is 178 g/mol. The van der Waals surface area contributed by atoms with Crippen LogP contribution in [0.3, 0.4) is 0 Å². The molecule has 58 valence electrons. The average Bonchev–Trinajstić information content (AvgIpc) is 1.87. The third-order valence-electron chi connectivity index (χ3n) is 1.25. The Hall–Kier alpha value is 0.0600. The van der Waals surface area contributed by atoms with Crippen molar-refractivity contribution >= 4 is 23.2 Å². The molecule has 0 aliphatic carbocycles. The second kappa shape index (κ2) is 4.81. The first-order chi connectivity index (χ1) is 4.57. The predicted octanol–water partition coefficient (Wildman–Crippen LogP) is 4.05. The fraction of sp³-hybridized carbons (Fsp3) is 0.500. The van der Waals surface area contributed by atoms with Crippen LogP contribution in [-0.4, -0.2) is 0 Å². The van der Waals surface area contributed by atoms with Crippen LogP contribution >= 0.6 is 23.2 Å². The molecule has 0 rings (SSSR count). The summed E-state index contributed by atoms with van der Waals surface area (Å²) in [7, 11) is 0. The summed E-state index contributed by atoms with van der Waals surface area (Å²) < 4.78 is 0. The number of halogens is 2. The fourth-order valence-electron chi connectivity index (χ4n) is 0.436. The number of rotatable bonds is 2. The van der Waals surface area contributed by atoms with E-state index in [9.17, 15) is 0 Å². The Kier molecular flexibility index (Phi) is 4.84. The lowest BCUT2D eigenvalue weighted by atomic mass is 10.2. The van der Waals surface area contributed by atoms with Gasteiger partial charge in [-0.1, -0.05) is 30.1 Å². The van der Waals surface area contributed by atoms with Gasteiger partial charge in [0.2, 0.25) is 0 Å². The Morgan fingerprint density at radius 1 is 1.30 bits per heavy atom. The molecule has 0 aliphatic heterocycles. The highest BCUT2D eigenvalue weighted by Gasteiger charge is 1.90. The van der Waals surface area contributed by atoms with Crippen molar-refractivity contribution < 1.29 is 0 Å². The summed E-state index contributed by atoms with van der Waals surface area (Å²) in [6, 6.07) is 0. The van der Waals surface area contributed by atoms with Crippen molar-refractivity contribution in [3.05, 3.63) is 21.7 Å². The van der Waals surface area contributed by atoms with Gasteiger partial charge in [-0.3, -0.25) is 0 Å². The summed E-state index contributed by atoms with van der Waals surface area (Å²) in [5.74, 6) is 0. The number of hydrogen-bond donors (Lipinski definition) is 0. The maximum Gasteiger partial charge on any atom is 0.0181 e. The van der Waals surface area contributed by atoms with Gasteiger partial charge >= 0.3 is 0 Å². The first kappa shape index (κ1) is 10.1. The lowest BCUT2D eigenvalue weighted by molar-refractivity contribution is 1.18. The first-order valence-corrected chi connectivity index (χ1v) is 4.02. The quantitative estimate of drug-likeness (QED) is 0.561. The van der Waals surface area contributed by atoms with E-state index in [4.69, 9.17) is 23.2 Å². The van der Waals surface area contributed by atoms with Gasteiger partial charge in [0.25, 0.3) is 0 Å². The van der Waals surface area contributed by atoms with Crippen LogP contribution in [0.15, 0.2) is 21.7 Å². The van der Waals surface area contributed by atoms with Crippen LogP contribution in [0.2, 0.25) is 0 Å². The maximum atomic E-state index is 5.77. The summed E-state index contributed by atoms with van der Waals surface area (Å²) in [5, 5.41) is 1.64. The van der Waals surface area contributed by atoms with Crippen LogP contribution in [0.1, 0.15) is 27.2 Å². The van der Waals surface area contributed by atoms with Crippen LogP contribution < -0.4 is 0 Å². The molecule has 0 bridgehead atoms. The van der Waals surface area contributed by atoms with Crippen molar-refractivity contribution in [1.82, 2.24) is 0 Å². The SMILES string of the molecule is CC/C(Cl)=C\C(C)=C(/C)Cl. The topological polar surface area (TPSA) is 0 Å². The molecule has 0 aromatic heterocycles. The van der Waals surface area contributed by atoms with Crippen molar-refractivity contribution in [3.63, 3.8) is 0 Å². The van der Waals surface area contributed by atoms with Crippen molar-refractivity contribution in [3.8, 4) is 0 Å². The molecule has 0 aromatic rings. The van der Waals surface area contributed by atoms with E-state index in [1.165, 1.54) is 0 Å². The van der Waals surface area contributed by atoms with E-state index in [2.05, 4.69) is 0 Å². The Bertz CT molecular complexity index is 162. The van der Waals surface area contributed by atoms with Gasteiger partial charge in [-0.05, 0) is 31.9 Å². The molecule has 0 heterocycles. The van der Waals surface area contributed by atoms with E-state index in [1.54, 1.807) is 0 Å². The molecule has 0 radical (unpaired) electrons. The largest absolute Gasteiger partial charge is 0.0892 e. The molecule has 0 N–H and O–H groups in total. The minimum Gasteiger partial charge on any atom is -0.0892 e. The molecule has 0 amide bonds. The van der Waals surface area contributed by atoms with Crippen LogP contribution in [0, 0.1) is 0 Å². The molecule has 0 nitrogen and oxygen atoms in total. The van der Waals surface area contributed by atoms with Crippen LogP contribution in [0.5, 0.6) is 0 Å². The van der Waals surface area contributed by atoms with Gasteiger partial charge in [0.1, 0.15) is 0 Å². The van der Waals surface area contributed by atoms with Crippen molar-refractivity contribution in [2.45, 2.75) is 27.2 Å². The van der Waals surface area contributed by atoms with E-state index >= 15 is 0 Å². The second-order valence-electron chi connectivity index (χ2n) is 2.16. The number of allylic oxidation sites excluding steroid dienone is 4. The minimum absolute atomic E-state index is 0.798. The van der Waals surface area contributed by atoms with Crippen molar-refractivity contribution in [1.29, 1.82) is 0 Å². The van der Waals surface area contributed by atoms with Crippen molar-refractivity contribution in [2.75, 3.05) is 0 Å². The van der Waals surface area contributed by atoms with E-state index in [-0.39, 0.29) is 0 Å². The second-order valence-corrected chi connectivity index (χ2v) is 3.21. The average molecular weight is 179 g/mol. The Labute approximate surface area is 72.5 Å². The lowest BCUT2D eigenvalue weighted by Gasteiger charge is -1.95. The van der Waals surface area contributed by atoms with Gasteiger partial charge in [-0.2, -0.15) is 0 Å². The highest BCUT2D eigenvalue weighted by atomic mass is 35.5. The van der Waals surface area contributed by atoms with E-state index < -0.39 is 0 Å². The zero-order valence-corrected chi connectivity index (χ0v) is 8.05. The number of hydrogen-bond acceptors (Lipinski definition) is 0. The van der Waals surface area contributed by atoms with Gasteiger partial charge in [-0.15, -0.1) is 0 Å². The van der Waals surface area contributed by atoms with Gasteiger partial charge in [0, 0.05) is 10.1 Å². The standard InChI is InChI=1S/C8H12Cl2/c1-4-8(10)5-6(2)7(3)9/h5H,4H2,1-3H3/b7-6+,8-5+. The van der Waals surface area contributed by atoms with Crippen molar-refractivity contribution in [2.24, 2.45) is 0 Å². The zero-order valence-electron chi connectivity index (χ0n) is 6.54. The van der Waals surface area contributed by atoms with Gasteiger partial charge in [0.05, 0.1) is 0 Å². The van der Waals surface area contributed by atoms with Gasteiger partial charge < -0.3 is 0 Å². The molecule has 10 heavy (non-hydrogen) atoms. The molecular formula is C8H12Cl2. The fourth-order valence-corrected chi connectivity index (χ4v) is 0.655. The Balaban J connectivity index is 4.27. The Morgan fingerprint density at radius 2 is 1.80 bits per heavy atom. The third-order valence-corrected chi connectivity index (χ3v) is 1.93. The van der Waals surface area contributed by atoms with Gasteiger partial charge in [0.15, 0.2) is 0 Å². The lowest BCUT2D eigenvalue weighted by Crippen LogP contribution is -1.73. The third kappa shape index (κ3) is 3.97. The zero-order chi connectivity index (χ0) is 8.15. The molecule has 2 heteroatoms. The predicted molar refractivity (Wildman–Crippen MR) is 48.5 cm³/mol. The summed E-state index contributed by atoms with van der Waals surface area (Å²) in [4.78, 5) is 0. The maximum absolute atomic E-state index is 5.77. The van der Waals surface area contributed by atoms with E-state index in [0.29, 0.717) is 0 Å². The summed E-state index contributed by atoms with van der Waals surface area (Å²) in [6.45, 7) is 5.81. The molecule has 0 saturated carbocycles. The molecule has 0 fully saturated rings. The molecule has 0 aliphatic rings. The van der Waals surface area contributed by atoms with Crippen LogP contribution in [-0.2, 0) is 0 Å².